The zero-order valence-electron chi connectivity index (χ0n) is 10.3. The predicted octanol–water partition coefficient (Wildman–Crippen LogP) is 0.912. The van der Waals surface area contributed by atoms with Crippen molar-refractivity contribution in [2.75, 3.05) is 18.5 Å². The average Bonchev–Trinajstić information content (AvgIpc) is 3.05. The van der Waals surface area contributed by atoms with Gasteiger partial charge in [0.25, 0.3) is 0 Å². The predicted molar refractivity (Wildman–Crippen MR) is 69.3 cm³/mol. The SMILES string of the molecule is O=C(NCC1(CO)CC1)C1Cc2ccccc2N1. The third-order valence-corrected chi connectivity index (χ3v) is 4.02. The topological polar surface area (TPSA) is 61.4 Å². The van der Waals surface area contributed by atoms with Crippen molar-refractivity contribution in [1.29, 1.82) is 0 Å². The summed E-state index contributed by atoms with van der Waals surface area (Å²) in [7, 11) is 0. The molecule has 0 spiro atoms. The molecule has 3 rings (SSSR count). The van der Waals surface area contributed by atoms with Crippen LogP contribution in [0.4, 0.5) is 5.69 Å². The summed E-state index contributed by atoms with van der Waals surface area (Å²) in [5.41, 5.74) is 2.23. The Bertz CT molecular complexity index is 444. The van der Waals surface area contributed by atoms with E-state index in [1.807, 2.05) is 24.3 Å². The Morgan fingerprint density at radius 3 is 2.89 bits per heavy atom. The zero-order chi connectivity index (χ0) is 12.6. The molecular formula is C14H18N2O2. The molecule has 1 aromatic rings. The minimum atomic E-state index is -0.170. The molecule has 4 nitrogen and oxygen atoms in total. The second-order valence-electron chi connectivity index (χ2n) is 5.43. The smallest absolute Gasteiger partial charge is 0.242 e. The standard InChI is InChI=1S/C14H18N2O2/c17-9-14(5-6-14)8-15-13(18)12-7-10-3-1-2-4-11(10)16-12/h1-4,12,16-17H,5-9H2,(H,15,18). The van der Waals surface area contributed by atoms with Gasteiger partial charge in [-0.1, -0.05) is 18.2 Å². The van der Waals surface area contributed by atoms with E-state index in [4.69, 9.17) is 0 Å². The fraction of sp³-hybridized carbons (Fsp3) is 0.500. The highest BCUT2D eigenvalue weighted by Gasteiger charge is 2.42. The van der Waals surface area contributed by atoms with Gasteiger partial charge in [0.05, 0.1) is 6.61 Å². The molecule has 3 N–H and O–H groups in total. The van der Waals surface area contributed by atoms with Crippen LogP contribution in [0.25, 0.3) is 0 Å². The van der Waals surface area contributed by atoms with Gasteiger partial charge < -0.3 is 15.7 Å². The van der Waals surface area contributed by atoms with Crippen LogP contribution in [0.1, 0.15) is 18.4 Å². The van der Waals surface area contributed by atoms with E-state index >= 15 is 0 Å². The van der Waals surface area contributed by atoms with Gasteiger partial charge in [-0.2, -0.15) is 0 Å². The normalized spacial score (nSPS) is 23.1. The summed E-state index contributed by atoms with van der Waals surface area (Å²) < 4.78 is 0. The molecule has 1 amide bonds. The van der Waals surface area contributed by atoms with E-state index in [9.17, 15) is 9.90 Å². The maximum absolute atomic E-state index is 12.0. The van der Waals surface area contributed by atoms with Gasteiger partial charge in [0, 0.05) is 24.1 Å². The Morgan fingerprint density at radius 2 is 2.22 bits per heavy atom. The summed E-state index contributed by atoms with van der Waals surface area (Å²) in [5, 5.41) is 15.4. The summed E-state index contributed by atoms with van der Waals surface area (Å²) in [6, 6.07) is 7.84. The fourth-order valence-corrected chi connectivity index (χ4v) is 2.42. The lowest BCUT2D eigenvalue weighted by Gasteiger charge is -2.16. The molecule has 4 heteroatoms. The molecule has 1 heterocycles. The highest BCUT2D eigenvalue weighted by molar-refractivity contribution is 5.87. The highest BCUT2D eigenvalue weighted by Crippen LogP contribution is 2.44. The average molecular weight is 246 g/mol. The molecule has 1 aliphatic heterocycles. The number of anilines is 1. The number of hydrogen-bond acceptors (Lipinski definition) is 3. The van der Waals surface area contributed by atoms with E-state index in [1.54, 1.807) is 0 Å². The van der Waals surface area contributed by atoms with Crippen LogP contribution in [-0.4, -0.2) is 30.2 Å². The van der Waals surface area contributed by atoms with E-state index in [-0.39, 0.29) is 24.0 Å². The first kappa shape index (κ1) is 11.5. The molecule has 0 aromatic heterocycles. The van der Waals surface area contributed by atoms with Crippen LogP contribution in [-0.2, 0) is 11.2 Å². The van der Waals surface area contributed by atoms with Crippen molar-refractivity contribution in [3.05, 3.63) is 29.8 Å². The lowest BCUT2D eigenvalue weighted by atomic mass is 10.1. The minimum Gasteiger partial charge on any atom is -0.396 e. The van der Waals surface area contributed by atoms with Crippen LogP contribution < -0.4 is 10.6 Å². The second kappa shape index (κ2) is 4.28. The van der Waals surface area contributed by atoms with Gasteiger partial charge in [0.2, 0.25) is 5.91 Å². The molecule has 0 bridgehead atoms. The summed E-state index contributed by atoms with van der Waals surface area (Å²) in [6.07, 6.45) is 2.78. The van der Waals surface area contributed by atoms with E-state index in [1.165, 1.54) is 5.56 Å². The van der Waals surface area contributed by atoms with Crippen molar-refractivity contribution >= 4 is 11.6 Å². The second-order valence-corrected chi connectivity index (χ2v) is 5.43. The number of benzene rings is 1. The molecule has 2 aliphatic rings. The molecule has 1 saturated carbocycles. The monoisotopic (exact) mass is 246 g/mol. The first-order valence-corrected chi connectivity index (χ1v) is 6.45. The first-order chi connectivity index (χ1) is 8.72. The Hall–Kier alpha value is -1.55. The minimum absolute atomic E-state index is 0.0267. The molecule has 96 valence electrons. The van der Waals surface area contributed by atoms with Gasteiger partial charge in [-0.3, -0.25) is 4.79 Å². The zero-order valence-corrected chi connectivity index (χ0v) is 10.3. The van der Waals surface area contributed by atoms with Crippen molar-refractivity contribution < 1.29 is 9.90 Å². The van der Waals surface area contributed by atoms with E-state index in [0.717, 1.165) is 24.9 Å². The van der Waals surface area contributed by atoms with Crippen molar-refractivity contribution in [3.8, 4) is 0 Å². The van der Waals surface area contributed by atoms with Crippen LogP contribution in [0.2, 0.25) is 0 Å². The van der Waals surface area contributed by atoms with Gasteiger partial charge in [0.15, 0.2) is 0 Å². The Balaban J connectivity index is 1.56. The molecule has 1 aromatic carbocycles. The van der Waals surface area contributed by atoms with Crippen LogP contribution in [0.5, 0.6) is 0 Å². The summed E-state index contributed by atoms with van der Waals surface area (Å²) in [4.78, 5) is 12.0. The summed E-state index contributed by atoms with van der Waals surface area (Å²) in [6.45, 7) is 0.766. The Kier molecular flexibility index (Phi) is 2.74. The fourth-order valence-electron chi connectivity index (χ4n) is 2.42. The maximum atomic E-state index is 12.0. The lowest BCUT2D eigenvalue weighted by molar-refractivity contribution is -0.122. The van der Waals surface area contributed by atoms with E-state index in [0.29, 0.717) is 6.54 Å². The molecule has 1 unspecified atom stereocenters. The number of rotatable bonds is 4. The summed E-state index contributed by atoms with van der Waals surface area (Å²) in [5.74, 6) is 0.0333. The van der Waals surface area contributed by atoms with Crippen molar-refractivity contribution in [3.63, 3.8) is 0 Å². The quantitative estimate of drug-likeness (QED) is 0.740. The first-order valence-electron chi connectivity index (χ1n) is 6.45. The molecule has 1 fully saturated rings. The molecular weight excluding hydrogens is 228 g/mol. The van der Waals surface area contributed by atoms with E-state index in [2.05, 4.69) is 10.6 Å². The van der Waals surface area contributed by atoms with Crippen molar-refractivity contribution in [1.82, 2.24) is 5.32 Å². The van der Waals surface area contributed by atoms with Crippen LogP contribution in [0.15, 0.2) is 24.3 Å². The third kappa shape index (κ3) is 2.08. The lowest BCUT2D eigenvalue weighted by Crippen LogP contribution is -2.41. The maximum Gasteiger partial charge on any atom is 0.242 e. The van der Waals surface area contributed by atoms with Gasteiger partial charge in [-0.05, 0) is 24.5 Å². The largest absolute Gasteiger partial charge is 0.396 e. The molecule has 1 aliphatic carbocycles. The highest BCUT2D eigenvalue weighted by atomic mass is 16.3. The van der Waals surface area contributed by atoms with Crippen molar-refractivity contribution in [2.45, 2.75) is 25.3 Å². The number of aliphatic hydroxyl groups excluding tert-OH is 1. The third-order valence-electron chi connectivity index (χ3n) is 4.02. The molecule has 1 atom stereocenters. The van der Waals surface area contributed by atoms with Gasteiger partial charge >= 0.3 is 0 Å². The van der Waals surface area contributed by atoms with Crippen LogP contribution in [0, 0.1) is 5.41 Å². The molecule has 0 radical (unpaired) electrons. The number of amides is 1. The number of para-hydroxylation sites is 1. The van der Waals surface area contributed by atoms with Crippen LogP contribution >= 0.6 is 0 Å². The Labute approximate surface area is 106 Å². The van der Waals surface area contributed by atoms with Gasteiger partial charge in [-0.15, -0.1) is 0 Å². The van der Waals surface area contributed by atoms with Gasteiger partial charge in [0.1, 0.15) is 6.04 Å². The van der Waals surface area contributed by atoms with E-state index < -0.39 is 0 Å². The number of fused-ring (bicyclic) bond motifs is 1. The Morgan fingerprint density at radius 1 is 1.44 bits per heavy atom. The summed E-state index contributed by atoms with van der Waals surface area (Å²) >= 11 is 0. The molecule has 0 saturated heterocycles. The van der Waals surface area contributed by atoms with Crippen LogP contribution in [0.3, 0.4) is 0 Å². The number of aliphatic hydroxyl groups is 1. The number of nitrogens with one attached hydrogen (secondary N) is 2. The van der Waals surface area contributed by atoms with Gasteiger partial charge in [-0.25, -0.2) is 0 Å². The molecule has 18 heavy (non-hydrogen) atoms. The number of carbonyl (C=O) groups excluding carboxylic acids is 1. The number of carbonyl (C=O) groups is 1. The van der Waals surface area contributed by atoms with Crippen molar-refractivity contribution in [2.24, 2.45) is 5.41 Å². The number of hydrogen-bond donors (Lipinski definition) is 3.